The molecule has 1 aromatic heterocycles. The molecular formula is C12H22N3O3S+. The quantitative estimate of drug-likeness (QED) is 0.453. The smallest absolute Gasteiger partial charge is 0.206 e. The second kappa shape index (κ2) is 6.04. The summed E-state index contributed by atoms with van der Waals surface area (Å²) in [5, 5.41) is 19.8. The zero-order valence-corrected chi connectivity index (χ0v) is 12.8. The first kappa shape index (κ1) is 16.2. The lowest BCUT2D eigenvalue weighted by atomic mass is 10.1. The fourth-order valence-corrected chi connectivity index (χ4v) is 2.57. The van der Waals surface area contributed by atoms with Gasteiger partial charge in [0.25, 0.3) is 0 Å². The highest BCUT2D eigenvalue weighted by Crippen LogP contribution is 2.25. The van der Waals surface area contributed by atoms with Gasteiger partial charge in [0.2, 0.25) is 6.29 Å². The second-order valence-electron chi connectivity index (χ2n) is 5.50. The molecule has 0 aliphatic carbocycles. The summed E-state index contributed by atoms with van der Waals surface area (Å²) < 4.78 is 2.18. The van der Waals surface area contributed by atoms with Crippen molar-refractivity contribution in [2.24, 2.45) is 7.05 Å². The van der Waals surface area contributed by atoms with Crippen LogP contribution in [-0.4, -0.2) is 62.8 Å². The van der Waals surface area contributed by atoms with Crippen LogP contribution in [0.25, 0.3) is 0 Å². The monoisotopic (exact) mass is 288 g/mol. The highest BCUT2D eigenvalue weighted by Gasteiger charge is 2.32. The van der Waals surface area contributed by atoms with E-state index >= 15 is 0 Å². The van der Waals surface area contributed by atoms with Gasteiger partial charge in [-0.3, -0.25) is 4.79 Å². The number of carbonyl (C=O) groups excluding carboxylic acids is 1. The van der Waals surface area contributed by atoms with Crippen LogP contribution in [0, 0.1) is 0 Å². The number of aromatic nitrogens is 2. The van der Waals surface area contributed by atoms with Crippen LogP contribution in [0.2, 0.25) is 0 Å². The SMILES string of the molecule is CC(=O)Sc1c(CC(C(O)O)[N+](C)(C)C)ncn1C. The number of aryl methyl sites for hydroxylation is 1. The van der Waals surface area contributed by atoms with Crippen LogP contribution < -0.4 is 0 Å². The summed E-state index contributed by atoms with van der Waals surface area (Å²) in [5.74, 6) is 0. The molecule has 0 bridgehead atoms. The van der Waals surface area contributed by atoms with Crippen molar-refractivity contribution in [2.45, 2.75) is 30.7 Å². The maximum Gasteiger partial charge on any atom is 0.206 e. The minimum absolute atomic E-state index is 0.0174. The van der Waals surface area contributed by atoms with Crippen molar-refractivity contribution < 1.29 is 19.5 Å². The Labute approximate surface area is 117 Å². The van der Waals surface area contributed by atoms with Crippen LogP contribution in [0.1, 0.15) is 12.6 Å². The predicted molar refractivity (Wildman–Crippen MR) is 73.5 cm³/mol. The van der Waals surface area contributed by atoms with Gasteiger partial charge in [-0.1, -0.05) is 0 Å². The Kier molecular flexibility index (Phi) is 5.14. The molecule has 0 saturated carbocycles. The number of aliphatic hydroxyl groups is 2. The van der Waals surface area contributed by atoms with E-state index in [1.807, 2.05) is 28.2 Å². The number of nitrogens with zero attached hydrogens (tertiary/aromatic N) is 3. The lowest BCUT2D eigenvalue weighted by Crippen LogP contribution is -2.53. The molecule has 6 nitrogen and oxygen atoms in total. The number of hydrogen-bond acceptors (Lipinski definition) is 5. The molecule has 1 aromatic rings. The summed E-state index contributed by atoms with van der Waals surface area (Å²) in [4.78, 5) is 15.5. The molecule has 108 valence electrons. The molecule has 1 atom stereocenters. The maximum atomic E-state index is 11.3. The summed E-state index contributed by atoms with van der Waals surface area (Å²) in [5.41, 5.74) is 0.717. The zero-order chi connectivity index (χ0) is 14.8. The van der Waals surface area contributed by atoms with Crippen molar-refractivity contribution in [3.05, 3.63) is 12.0 Å². The number of rotatable bonds is 5. The van der Waals surface area contributed by atoms with Crippen LogP contribution in [0.4, 0.5) is 0 Å². The van der Waals surface area contributed by atoms with E-state index in [4.69, 9.17) is 0 Å². The molecule has 1 unspecified atom stereocenters. The minimum atomic E-state index is -1.43. The third-order valence-corrected chi connectivity index (χ3v) is 3.94. The van der Waals surface area contributed by atoms with Crippen molar-refractivity contribution in [1.29, 1.82) is 0 Å². The van der Waals surface area contributed by atoms with Gasteiger partial charge in [-0.2, -0.15) is 0 Å². The van der Waals surface area contributed by atoms with E-state index in [-0.39, 0.29) is 5.12 Å². The molecule has 2 N–H and O–H groups in total. The fraction of sp³-hybridized carbons (Fsp3) is 0.667. The van der Waals surface area contributed by atoms with Gasteiger partial charge in [-0.15, -0.1) is 0 Å². The number of imidazole rings is 1. The lowest BCUT2D eigenvalue weighted by Gasteiger charge is -2.34. The van der Waals surface area contributed by atoms with Crippen LogP contribution >= 0.6 is 11.8 Å². The molecule has 0 fully saturated rings. The Morgan fingerprint density at radius 2 is 2.05 bits per heavy atom. The lowest BCUT2D eigenvalue weighted by molar-refractivity contribution is -0.903. The van der Waals surface area contributed by atoms with E-state index in [1.165, 1.54) is 6.92 Å². The fourth-order valence-electron chi connectivity index (χ4n) is 1.85. The van der Waals surface area contributed by atoms with Crippen molar-refractivity contribution in [3.63, 3.8) is 0 Å². The average Bonchev–Trinajstić information content (AvgIpc) is 2.54. The van der Waals surface area contributed by atoms with Gasteiger partial charge in [-0.25, -0.2) is 4.98 Å². The number of quaternary nitrogens is 1. The van der Waals surface area contributed by atoms with Crippen LogP contribution in [0.3, 0.4) is 0 Å². The highest BCUT2D eigenvalue weighted by atomic mass is 32.2. The normalized spacial score (nSPS) is 13.9. The molecule has 0 aliphatic rings. The van der Waals surface area contributed by atoms with E-state index in [0.717, 1.165) is 16.8 Å². The van der Waals surface area contributed by atoms with E-state index in [0.29, 0.717) is 16.6 Å². The Bertz CT molecular complexity index is 452. The molecule has 1 heterocycles. The largest absolute Gasteiger partial charge is 0.363 e. The third-order valence-electron chi connectivity index (χ3n) is 2.94. The number of likely N-dealkylation sites (N-methyl/N-ethyl adjacent to an activating group) is 1. The van der Waals surface area contributed by atoms with Gasteiger partial charge in [0.05, 0.1) is 33.2 Å². The molecule has 7 heteroatoms. The van der Waals surface area contributed by atoms with Gasteiger partial charge in [0, 0.05) is 20.4 Å². The summed E-state index contributed by atoms with van der Waals surface area (Å²) in [6, 6.07) is -0.402. The molecule has 1 rings (SSSR count). The Balaban J connectivity index is 3.01. The van der Waals surface area contributed by atoms with E-state index in [9.17, 15) is 15.0 Å². The van der Waals surface area contributed by atoms with Crippen molar-refractivity contribution in [1.82, 2.24) is 9.55 Å². The first-order valence-electron chi connectivity index (χ1n) is 5.98. The van der Waals surface area contributed by atoms with E-state index in [2.05, 4.69) is 4.98 Å². The standard InChI is InChI=1S/C12H22N3O3S/c1-8(16)19-11-9(13-7-14(11)2)6-10(12(17)18)15(3,4)5/h7,10,12,17-18H,6H2,1-5H3/q+1. The number of hydrogen-bond donors (Lipinski definition) is 2. The number of aliphatic hydroxyl groups excluding tert-OH is 1. The van der Waals surface area contributed by atoms with Gasteiger partial charge < -0.3 is 19.3 Å². The number of thioether (sulfide) groups is 1. The first-order chi connectivity index (χ1) is 8.62. The number of carbonyl (C=O) groups is 1. The molecule has 0 aromatic carbocycles. The maximum absolute atomic E-state index is 11.3. The predicted octanol–water partition coefficient (Wildman–Crippen LogP) is -0.0133. The Hall–Kier alpha value is -0.890. The minimum Gasteiger partial charge on any atom is -0.363 e. The van der Waals surface area contributed by atoms with Gasteiger partial charge in [-0.05, 0) is 11.8 Å². The van der Waals surface area contributed by atoms with Crippen LogP contribution in [0.5, 0.6) is 0 Å². The first-order valence-corrected chi connectivity index (χ1v) is 6.80. The van der Waals surface area contributed by atoms with Crippen molar-refractivity contribution in [3.8, 4) is 0 Å². The highest BCUT2D eigenvalue weighted by molar-refractivity contribution is 8.13. The van der Waals surface area contributed by atoms with Gasteiger partial charge >= 0.3 is 0 Å². The molecule has 0 amide bonds. The molecule has 0 saturated heterocycles. The van der Waals surface area contributed by atoms with Crippen molar-refractivity contribution >= 4 is 16.9 Å². The van der Waals surface area contributed by atoms with Crippen molar-refractivity contribution in [2.75, 3.05) is 21.1 Å². The molecule has 0 radical (unpaired) electrons. The third kappa shape index (κ3) is 4.31. The molecule has 0 spiro atoms. The summed E-state index contributed by atoms with van der Waals surface area (Å²) in [6.45, 7) is 1.50. The zero-order valence-electron chi connectivity index (χ0n) is 12.0. The van der Waals surface area contributed by atoms with Crippen LogP contribution in [-0.2, 0) is 18.3 Å². The molecule has 19 heavy (non-hydrogen) atoms. The van der Waals surface area contributed by atoms with E-state index in [1.54, 1.807) is 10.9 Å². The Morgan fingerprint density at radius 1 is 1.47 bits per heavy atom. The molecular weight excluding hydrogens is 266 g/mol. The van der Waals surface area contributed by atoms with Crippen LogP contribution in [0.15, 0.2) is 11.4 Å². The van der Waals surface area contributed by atoms with E-state index < -0.39 is 12.3 Å². The second-order valence-corrected chi connectivity index (χ2v) is 6.67. The summed E-state index contributed by atoms with van der Waals surface area (Å²) >= 11 is 1.11. The molecule has 0 aliphatic heterocycles. The average molecular weight is 288 g/mol. The Morgan fingerprint density at radius 3 is 2.47 bits per heavy atom. The summed E-state index contributed by atoms with van der Waals surface area (Å²) in [6.07, 6.45) is 0.603. The summed E-state index contributed by atoms with van der Waals surface area (Å²) in [7, 11) is 7.50. The van der Waals surface area contributed by atoms with Gasteiger partial charge in [0.15, 0.2) is 5.12 Å². The topological polar surface area (TPSA) is 75.3 Å². The van der Waals surface area contributed by atoms with Gasteiger partial charge in [0.1, 0.15) is 11.1 Å².